The highest BCUT2D eigenvalue weighted by atomic mass is 16.5. The number of hydrogen-bond acceptors (Lipinski definition) is 6. The molecule has 0 aromatic carbocycles. The van der Waals surface area contributed by atoms with E-state index < -0.39 is 5.97 Å². The Bertz CT molecular complexity index is 594. The van der Waals surface area contributed by atoms with Gasteiger partial charge in [0.1, 0.15) is 18.1 Å². The van der Waals surface area contributed by atoms with E-state index in [0.717, 1.165) is 0 Å². The molecule has 0 aliphatic rings. The molecule has 0 N–H and O–H groups in total. The van der Waals surface area contributed by atoms with Gasteiger partial charge >= 0.3 is 5.97 Å². The molecule has 0 amide bonds. The van der Waals surface area contributed by atoms with Crippen molar-refractivity contribution < 1.29 is 19.1 Å². The van der Waals surface area contributed by atoms with E-state index in [0.29, 0.717) is 29.0 Å². The highest BCUT2D eigenvalue weighted by molar-refractivity contribution is 5.88. The first-order chi connectivity index (χ1) is 9.72. The van der Waals surface area contributed by atoms with E-state index >= 15 is 0 Å². The lowest BCUT2D eigenvalue weighted by atomic mass is 10.2. The predicted molar refractivity (Wildman–Crippen MR) is 69.5 cm³/mol. The van der Waals surface area contributed by atoms with E-state index in [1.807, 2.05) is 0 Å². The van der Waals surface area contributed by atoms with Crippen molar-refractivity contribution in [2.75, 3.05) is 7.11 Å². The Morgan fingerprint density at radius 1 is 1.20 bits per heavy atom. The van der Waals surface area contributed by atoms with Gasteiger partial charge < -0.3 is 9.47 Å². The Labute approximate surface area is 115 Å². The van der Waals surface area contributed by atoms with Crippen LogP contribution in [0.25, 0.3) is 0 Å². The molecule has 0 atom stereocenters. The highest BCUT2D eigenvalue weighted by Gasteiger charge is 2.05. The van der Waals surface area contributed by atoms with Gasteiger partial charge in [-0.3, -0.25) is 9.78 Å². The minimum Gasteiger partial charge on any atom is -0.486 e. The van der Waals surface area contributed by atoms with Crippen molar-refractivity contribution in [2.24, 2.45) is 0 Å². The number of methoxy groups -OCH3 is 1. The van der Waals surface area contributed by atoms with Gasteiger partial charge in [0.15, 0.2) is 6.29 Å². The molecular formula is C14H12N2O4. The fourth-order valence-corrected chi connectivity index (χ4v) is 1.45. The van der Waals surface area contributed by atoms with Gasteiger partial charge in [-0.15, -0.1) is 0 Å². The van der Waals surface area contributed by atoms with E-state index in [-0.39, 0.29) is 6.61 Å². The van der Waals surface area contributed by atoms with Gasteiger partial charge in [-0.25, -0.2) is 9.78 Å². The zero-order valence-electron chi connectivity index (χ0n) is 10.8. The number of esters is 1. The zero-order chi connectivity index (χ0) is 14.4. The maximum absolute atomic E-state index is 11.2. The number of ether oxygens (including phenoxy) is 2. The summed E-state index contributed by atoms with van der Waals surface area (Å²) >= 11 is 0. The smallest absolute Gasteiger partial charge is 0.339 e. The van der Waals surface area contributed by atoms with Gasteiger partial charge in [0, 0.05) is 6.20 Å². The van der Waals surface area contributed by atoms with Crippen LogP contribution in [-0.4, -0.2) is 29.3 Å². The predicted octanol–water partition coefficient (Wildman–Crippen LogP) is 1.65. The molecule has 0 saturated carbocycles. The van der Waals surface area contributed by atoms with Crippen LogP contribution < -0.4 is 4.74 Å². The highest BCUT2D eigenvalue weighted by Crippen LogP contribution is 2.11. The van der Waals surface area contributed by atoms with Crippen LogP contribution in [-0.2, 0) is 11.3 Å². The standard InChI is InChI=1S/C14H12N2O4/c1-19-14(18)10-2-3-12(15-6-10)9-20-13-5-4-11(8-17)16-7-13/h2-8H,9H2,1H3. The Balaban J connectivity index is 1.96. The molecule has 0 aliphatic heterocycles. The van der Waals surface area contributed by atoms with E-state index in [2.05, 4.69) is 14.7 Å². The lowest BCUT2D eigenvalue weighted by Crippen LogP contribution is -2.04. The summed E-state index contributed by atoms with van der Waals surface area (Å²) in [4.78, 5) is 29.7. The number of aldehydes is 1. The molecule has 20 heavy (non-hydrogen) atoms. The topological polar surface area (TPSA) is 78.4 Å². The van der Waals surface area contributed by atoms with Crippen LogP contribution in [0, 0.1) is 0 Å². The van der Waals surface area contributed by atoms with Crippen LogP contribution >= 0.6 is 0 Å². The maximum Gasteiger partial charge on any atom is 0.339 e. The maximum atomic E-state index is 11.2. The quantitative estimate of drug-likeness (QED) is 0.608. The zero-order valence-corrected chi connectivity index (χ0v) is 10.8. The number of aromatic nitrogens is 2. The Hall–Kier alpha value is -2.76. The number of carbonyl (C=O) groups excluding carboxylic acids is 2. The van der Waals surface area contributed by atoms with Gasteiger partial charge in [0.05, 0.1) is 24.6 Å². The second-order valence-corrected chi connectivity index (χ2v) is 3.86. The number of nitrogens with zero attached hydrogens (tertiary/aromatic N) is 2. The first kappa shape index (κ1) is 13.7. The second-order valence-electron chi connectivity index (χ2n) is 3.86. The number of hydrogen-bond donors (Lipinski definition) is 0. The molecular weight excluding hydrogens is 260 g/mol. The summed E-state index contributed by atoms with van der Waals surface area (Å²) in [7, 11) is 1.31. The van der Waals surface area contributed by atoms with Gasteiger partial charge in [0.25, 0.3) is 0 Å². The van der Waals surface area contributed by atoms with Gasteiger partial charge in [0.2, 0.25) is 0 Å². The van der Waals surface area contributed by atoms with Crippen molar-refractivity contribution in [3.8, 4) is 5.75 Å². The SMILES string of the molecule is COC(=O)c1ccc(COc2ccc(C=O)nc2)nc1. The van der Waals surface area contributed by atoms with Gasteiger partial charge in [-0.2, -0.15) is 0 Å². The van der Waals surface area contributed by atoms with Crippen molar-refractivity contribution in [1.82, 2.24) is 9.97 Å². The summed E-state index contributed by atoms with van der Waals surface area (Å²) in [6.07, 6.45) is 3.56. The van der Waals surface area contributed by atoms with E-state index in [1.165, 1.54) is 19.5 Å². The molecule has 0 bridgehead atoms. The molecule has 2 rings (SSSR count). The van der Waals surface area contributed by atoms with Crippen LogP contribution in [0.5, 0.6) is 5.75 Å². The fourth-order valence-electron chi connectivity index (χ4n) is 1.45. The van der Waals surface area contributed by atoms with Crippen molar-refractivity contribution in [3.63, 3.8) is 0 Å². The lowest BCUT2D eigenvalue weighted by molar-refractivity contribution is 0.0600. The minimum absolute atomic E-state index is 0.240. The van der Waals surface area contributed by atoms with Crippen LogP contribution in [0.2, 0.25) is 0 Å². The molecule has 0 radical (unpaired) electrons. The molecule has 0 unspecified atom stereocenters. The average molecular weight is 272 g/mol. The van der Waals surface area contributed by atoms with Crippen molar-refractivity contribution in [1.29, 1.82) is 0 Å². The summed E-state index contributed by atoms with van der Waals surface area (Å²) in [6, 6.07) is 6.51. The lowest BCUT2D eigenvalue weighted by Gasteiger charge is -2.05. The Morgan fingerprint density at radius 2 is 2.05 bits per heavy atom. The first-order valence-electron chi connectivity index (χ1n) is 5.80. The summed E-state index contributed by atoms with van der Waals surface area (Å²) in [5, 5.41) is 0. The van der Waals surface area contributed by atoms with Crippen LogP contribution in [0.3, 0.4) is 0 Å². The van der Waals surface area contributed by atoms with Crippen LogP contribution in [0.15, 0.2) is 36.7 Å². The molecule has 6 heteroatoms. The molecule has 0 saturated heterocycles. The van der Waals surface area contributed by atoms with Gasteiger partial charge in [-0.05, 0) is 24.3 Å². The van der Waals surface area contributed by atoms with E-state index in [1.54, 1.807) is 24.3 Å². The molecule has 0 fully saturated rings. The van der Waals surface area contributed by atoms with Crippen molar-refractivity contribution >= 4 is 12.3 Å². The molecule has 0 aliphatic carbocycles. The normalized spacial score (nSPS) is 9.85. The first-order valence-corrected chi connectivity index (χ1v) is 5.80. The summed E-state index contributed by atoms with van der Waals surface area (Å²) in [5.41, 5.74) is 1.39. The van der Waals surface area contributed by atoms with E-state index in [9.17, 15) is 9.59 Å². The third-order valence-electron chi connectivity index (χ3n) is 2.51. The Morgan fingerprint density at radius 3 is 2.60 bits per heavy atom. The largest absolute Gasteiger partial charge is 0.486 e. The molecule has 102 valence electrons. The van der Waals surface area contributed by atoms with Crippen LogP contribution in [0.1, 0.15) is 26.5 Å². The Kier molecular flexibility index (Phi) is 4.39. The molecule has 2 heterocycles. The van der Waals surface area contributed by atoms with Crippen molar-refractivity contribution in [2.45, 2.75) is 6.61 Å². The third-order valence-corrected chi connectivity index (χ3v) is 2.51. The molecule has 2 aromatic heterocycles. The second kappa shape index (κ2) is 6.42. The van der Waals surface area contributed by atoms with Gasteiger partial charge in [-0.1, -0.05) is 0 Å². The van der Waals surface area contributed by atoms with E-state index in [4.69, 9.17) is 4.74 Å². The summed E-state index contributed by atoms with van der Waals surface area (Å²) < 4.78 is 10.0. The fraction of sp³-hybridized carbons (Fsp3) is 0.143. The minimum atomic E-state index is -0.432. The summed E-state index contributed by atoms with van der Waals surface area (Å²) in [6.45, 7) is 0.240. The average Bonchev–Trinajstić information content (AvgIpc) is 2.53. The molecule has 0 spiro atoms. The van der Waals surface area contributed by atoms with Crippen LogP contribution in [0.4, 0.5) is 0 Å². The number of pyridine rings is 2. The monoisotopic (exact) mass is 272 g/mol. The number of rotatable bonds is 5. The molecule has 2 aromatic rings. The molecule has 6 nitrogen and oxygen atoms in total. The van der Waals surface area contributed by atoms with Crippen molar-refractivity contribution in [3.05, 3.63) is 53.6 Å². The number of carbonyl (C=O) groups is 2. The third kappa shape index (κ3) is 3.38. The summed E-state index contributed by atoms with van der Waals surface area (Å²) in [5.74, 6) is 0.105.